The van der Waals surface area contributed by atoms with Gasteiger partial charge in [-0.1, -0.05) is 30.3 Å². The Morgan fingerprint density at radius 1 is 1.24 bits per heavy atom. The molecule has 0 radical (unpaired) electrons. The number of hydrogen-bond donors (Lipinski definition) is 4. The number of carbonyl (C=O) groups is 1. The third-order valence-electron chi connectivity index (χ3n) is 2.38. The summed E-state index contributed by atoms with van der Waals surface area (Å²) in [6, 6.07) is 9.56. The molecule has 0 unspecified atom stereocenters. The second kappa shape index (κ2) is 7.13. The first-order valence-corrected chi connectivity index (χ1v) is 5.39. The molecule has 5 nitrogen and oxygen atoms in total. The summed E-state index contributed by atoms with van der Waals surface area (Å²) < 4.78 is 0. The van der Waals surface area contributed by atoms with Crippen molar-refractivity contribution in [1.82, 2.24) is 5.32 Å². The van der Waals surface area contributed by atoms with Gasteiger partial charge in [0.25, 0.3) is 0 Å². The van der Waals surface area contributed by atoms with Gasteiger partial charge in [-0.15, -0.1) is 0 Å². The van der Waals surface area contributed by atoms with Crippen LogP contribution in [-0.2, 0) is 11.3 Å². The maximum absolute atomic E-state index is 10.9. The van der Waals surface area contributed by atoms with Crippen LogP contribution in [0.3, 0.4) is 0 Å². The first kappa shape index (κ1) is 13.8. The Labute approximate surface area is 99.7 Å². The van der Waals surface area contributed by atoms with Gasteiger partial charge in [0, 0.05) is 13.1 Å². The fourth-order valence-corrected chi connectivity index (χ4v) is 1.38. The number of aliphatic hydroxyl groups excluding tert-OH is 3. The number of benzene rings is 1. The highest BCUT2D eigenvalue weighted by Crippen LogP contribution is 1.98. The van der Waals surface area contributed by atoms with E-state index in [4.69, 9.17) is 5.11 Å². The largest absolute Gasteiger partial charge is 0.389 e. The zero-order valence-corrected chi connectivity index (χ0v) is 9.41. The molecule has 0 aliphatic carbocycles. The molecule has 0 spiro atoms. The molecule has 4 N–H and O–H groups in total. The van der Waals surface area contributed by atoms with Crippen LogP contribution < -0.4 is 5.32 Å². The topological polar surface area (TPSA) is 89.8 Å². The lowest BCUT2D eigenvalue weighted by molar-refractivity contribution is -0.135. The molecule has 94 valence electrons. The number of Topliss-reactive ketones (excluding diaryl/α,β-unsaturated/α-hetero) is 1. The summed E-state index contributed by atoms with van der Waals surface area (Å²) in [5.41, 5.74) is 1.04. The van der Waals surface area contributed by atoms with Gasteiger partial charge in [0.15, 0.2) is 5.78 Å². The number of ketones is 1. The van der Waals surface area contributed by atoms with Gasteiger partial charge in [-0.2, -0.15) is 0 Å². The minimum Gasteiger partial charge on any atom is -0.389 e. The lowest BCUT2D eigenvalue weighted by atomic mass is 10.1. The van der Waals surface area contributed by atoms with Crippen molar-refractivity contribution in [3.05, 3.63) is 35.9 Å². The van der Waals surface area contributed by atoms with Crippen molar-refractivity contribution in [2.24, 2.45) is 0 Å². The highest BCUT2D eigenvalue weighted by Gasteiger charge is 2.22. The van der Waals surface area contributed by atoms with Crippen LogP contribution in [0.5, 0.6) is 0 Å². The molecule has 17 heavy (non-hydrogen) atoms. The molecule has 0 bridgehead atoms. The van der Waals surface area contributed by atoms with Crippen molar-refractivity contribution in [3.63, 3.8) is 0 Å². The average molecular weight is 239 g/mol. The van der Waals surface area contributed by atoms with Crippen LogP contribution in [0.2, 0.25) is 0 Å². The minimum atomic E-state index is -1.54. The van der Waals surface area contributed by atoms with E-state index in [0.717, 1.165) is 5.56 Å². The predicted molar refractivity (Wildman–Crippen MR) is 62.3 cm³/mol. The van der Waals surface area contributed by atoms with Crippen LogP contribution in [0.15, 0.2) is 30.3 Å². The Morgan fingerprint density at radius 3 is 2.47 bits per heavy atom. The Kier molecular flexibility index (Phi) is 5.79. The van der Waals surface area contributed by atoms with E-state index < -0.39 is 24.6 Å². The second-order valence-electron chi connectivity index (χ2n) is 3.75. The average Bonchev–Trinajstić information content (AvgIpc) is 2.38. The third-order valence-corrected chi connectivity index (χ3v) is 2.38. The fourth-order valence-electron chi connectivity index (χ4n) is 1.38. The van der Waals surface area contributed by atoms with E-state index in [2.05, 4.69) is 5.32 Å². The van der Waals surface area contributed by atoms with Crippen molar-refractivity contribution in [3.8, 4) is 0 Å². The summed E-state index contributed by atoms with van der Waals surface area (Å²) in [6.45, 7) is -0.142. The minimum absolute atomic E-state index is 0.0851. The van der Waals surface area contributed by atoms with Crippen LogP contribution in [0.1, 0.15) is 5.56 Å². The third kappa shape index (κ3) is 4.62. The molecule has 0 amide bonds. The Bertz CT molecular complexity index is 342. The van der Waals surface area contributed by atoms with Crippen LogP contribution in [-0.4, -0.2) is 46.5 Å². The summed E-state index contributed by atoms with van der Waals surface area (Å²) in [4.78, 5) is 10.9. The highest BCUT2D eigenvalue weighted by atomic mass is 16.3. The Hall–Kier alpha value is -1.27. The van der Waals surface area contributed by atoms with Crippen molar-refractivity contribution in [2.75, 3.05) is 13.2 Å². The number of rotatable bonds is 7. The lowest BCUT2D eigenvalue weighted by Gasteiger charge is -2.16. The highest BCUT2D eigenvalue weighted by molar-refractivity contribution is 5.84. The van der Waals surface area contributed by atoms with Gasteiger partial charge < -0.3 is 20.6 Å². The quantitative estimate of drug-likeness (QED) is 0.493. The number of nitrogens with one attached hydrogen (secondary N) is 1. The van der Waals surface area contributed by atoms with Crippen molar-refractivity contribution in [1.29, 1.82) is 0 Å². The summed E-state index contributed by atoms with van der Waals surface area (Å²) in [5, 5.41) is 30.2. The molecule has 0 heterocycles. The molecule has 0 fully saturated rings. The van der Waals surface area contributed by atoms with Crippen LogP contribution in [0.4, 0.5) is 0 Å². The lowest BCUT2D eigenvalue weighted by Crippen LogP contribution is -2.42. The predicted octanol–water partition coefficient (Wildman–Crippen LogP) is -0.941. The van der Waals surface area contributed by atoms with Gasteiger partial charge >= 0.3 is 0 Å². The Morgan fingerprint density at radius 2 is 1.88 bits per heavy atom. The molecule has 1 aromatic rings. The van der Waals surface area contributed by atoms with Crippen molar-refractivity contribution in [2.45, 2.75) is 18.8 Å². The summed E-state index contributed by atoms with van der Waals surface area (Å²) in [5.74, 6) is -0.779. The van der Waals surface area contributed by atoms with Gasteiger partial charge in [0.2, 0.25) is 0 Å². The van der Waals surface area contributed by atoms with Crippen molar-refractivity contribution >= 4 is 5.78 Å². The number of carbonyl (C=O) groups excluding carboxylic acids is 1. The Balaban J connectivity index is 2.29. The molecule has 0 saturated carbocycles. The van der Waals surface area contributed by atoms with E-state index in [1.165, 1.54) is 0 Å². The summed E-state index contributed by atoms with van der Waals surface area (Å²) in [6.07, 6.45) is -2.75. The van der Waals surface area contributed by atoms with E-state index in [9.17, 15) is 15.0 Å². The zero-order valence-electron chi connectivity index (χ0n) is 9.41. The fraction of sp³-hybridized carbons (Fsp3) is 0.417. The van der Waals surface area contributed by atoms with E-state index in [-0.39, 0.29) is 6.54 Å². The monoisotopic (exact) mass is 239 g/mol. The molecule has 2 atom stereocenters. The van der Waals surface area contributed by atoms with E-state index >= 15 is 0 Å². The SMILES string of the molecule is O=C(CO)[C@@H](O)[C@H](O)CNCc1ccccc1. The number of aliphatic hydroxyl groups is 3. The van der Waals surface area contributed by atoms with Gasteiger partial charge in [0.05, 0.1) is 6.10 Å². The molecule has 0 saturated heterocycles. The zero-order chi connectivity index (χ0) is 12.7. The van der Waals surface area contributed by atoms with E-state index in [1.54, 1.807) is 0 Å². The van der Waals surface area contributed by atoms with E-state index in [1.807, 2.05) is 30.3 Å². The maximum atomic E-state index is 10.9. The van der Waals surface area contributed by atoms with Crippen LogP contribution >= 0.6 is 0 Å². The van der Waals surface area contributed by atoms with Gasteiger partial charge in [-0.3, -0.25) is 4.79 Å². The van der Waals surface area contributed by atoms with Crippen LogP contribution in [0, 0.1) is 0 Å². The first-order chi connectivity index (χ1) is 8.15. The maximum Gasteiger partial charge on any atom is 0.189 e. The summed E-state index contributed by atoms with van der Waals surface area (Å²) in [7, 11) is 0. The molecule has 1 rings (SSSR count). The van der Waals surface area contributed by atoms with Crippen LogP contribution in [0.25, 0.3) is 0 Å². The molecule has 0 aliphatic heterocycles. The molecule has 0 aromatic heterocycles. The van der Waals surface area contributed by atoms with E-state index in [0.29, 0.717) is 6.54 Å². The number of hydrogen-bond acceptors (Lipinski definition) is 5. The smallest absolute Gasteiger partial charge is 0.189 e. The summed E-state index contributed by atoms with van der Waals surface area (Å²) >= 11 is 0. The molecule has 0 aliphatic rings. The standard InChI is InChI=1S/C12H17NO4/c14-8-11(16)12(17)10(15)7-13-6-9-4-2-1-3-5-9/h1-5,10,12-15,17H,6-8H2/t10-,12+/m1/s1. The first-order valence-electron chi connectivity index (χ1n) is 5.39. The second-order valence-corrected chi connectivity index (χ2v) is 3.75. The molecular weight excluding hydrogens is 222 g/mol. The van der Waals surface area contributed by atoms with Crippen molar-refractivity contribution < 1.29 is 20.1 Å². The molecular formula is C12H17NO4. The molecule has 1 aromatic carbocycles. The van der Waals surface area contributed by atoms with Gasteiger partial charge in [-0.25, -0.2) is 0 Å². The van der Waals surface area contributed by atoms with Gasteiger partial charge in [-0.05, 0) is 5.56 Å². The van der Waals surface area contributed by atoms with Gasteiger partial charge in [0.1, 0.15) is 12.7 Å². The normalized spacial score (nSPS) is 14.3. The molecule has 5 heteroatoms.